The van der Waals surface area contributed by atoms with Crippen molar-refractivity contribution >= 4 is 74.5 Å². The molecule has 5 heterocycles. The number of phenols is 2. The van der Waals surface area contributed by atoms with Crippen LogP contribution in [0.1, 0.15) is 49.7 Å². The highest BCUT2D eigenvalue weighted by atomic mass is 32.2. The second kappa shape index (κ2) is 15.5. The van der Waals surface area contributed by atoms with E-state index in [1.165, 1.54) is 43.3 Å². The summed E-state index contributed by atoms with van der Waals surface area (Å²) in [4.78, 5) is 88.3. The first kappa shape index (κ1) is 40.0. The fourth-order valence-corrected chi connectivity index (χ4v) is 8.91. The number of likely N-dealkylation sites (tertiary alicyclic amines) is 1. The summed E-state index contributed by atoms with van der Waals surface area (Å²) in [7, 11) is 0. The number of aryl methyl sites for hydroxylation is 1. The van der Waals surface area contributed by atoms with Gasteiger partial charge in [0.1, 0.15) is 34.9 Å². The van der Waals surface area contributed by atoms with Gasteiger partial charge in [-0.3, -0.25) is 24.1 Å². The Morgan fingerprint density at radius 2 is 1.82 bits per heavy atom. The van der Waals surface area contributed by atoms with Crippen molar-refractivity contribution in [1.82, 2.24) is 25.1 Å². The Balaban J connectivity index is 1.16. The number of pyridine rings is 1. The van der Waals surface area contributed by atoms with Crippen LogP contribution in [-0.4, -0.2) is 130 Å². The molecule has 56 heavy (non-hydrogen) atoms. The maximum atomic E-state index is 13.6. The van der Waals surface area contributed by atoms with E-state index in [0.29, 0.717) is 41.8 Å². The summed E-state index contributed by atoms with van der Waals surface area (Å²) in [5.74, 6) is -5.46. The van der Waals surface area contributed by atoms with E-state index >= 15 is 0 Å². The summed E-state index contributed by atoms with van der Waals surface area (Å²) in [6.07, 6.45) is 3.13. The van der Waals surface area contributed by atoms with Crippen molar-refractivity contribution in [2.24, 2.45) is 5.16 Å². The lowest BCUT2D eigenvalue weighted by molar-refractivity contribution is -0.911. The van der Waals surface area contributed by atoms with Crippen molar-refractivity contribution in [3.63, 3.8) is 0 Å². The second-order valence-corrected chi connectivity index (χ2v) is 16.2. The summed E-state index contributed by atoms with van der Waals surface area (Å²) in [6, 6.07) is 1.26. The summed E-state index contributed by atoms with van der Waals surface area (Å²) in [6.45, 7) is 6.90. The predicted octanol–water partition coefficient (Wildman–Crippen LogP) is 0.834. The Kier molecular flexibility index (Phi) is 11.0. The number of hydrogen-bond donors (Lipinski definition) is 7. The summed E-state index contributed by atoms with van der Waals surface area (Å²) >= 11 is 2.29. The number of thiazole rings is 1. The number of oxime groups is 1. The number of carbonyl (C=O) groups is 5. The number of nitrogens with one attached hydrogen (secondary N) is 2. The van der Waals surface area contributed by atoms with Crippen LogP contribution in [0.3, 0.4) is 0 Å². The molecule has 3 aromatic rings. The van der Waals surface area contributed by atoms with Crippen molar-refractivity contribution in [1.29, 1.82) is 0 Å². The van der Waals surface area contributed by atoms with Gasteiger partial charge in [0.05, 0.1) is 37.1 Å². The van der Waals surface area contributed by atoms with Gasteiger partial charge < -0.3 is 50.7 Å². The third kappa shape index (κ3) is 7.60. The first-order chi connectivity index (χ1) is 26.5. The van der Waals surface area contributed by atoms with Crippen LogP contribution < -0.4 is 21.8 Å². The molecule has 0 saturated carbocycles. The number of hydrogen-bond acceptors (Lipinski definition) is 14. The maximum absolute atomic E-state index is 13.6. The minimum Gasteiger partial charge on any atom is -0.504 e. The lowest BCUT2D eigenvalue weighted by Crippen LogP contribution is -2.71. The molecule has 0 radical (unpaired) electrons. The number of aromatic hydroxyl groups is 2. The number of amides is 3. The van der Waals surface area contributed by atoms with E-state index < -0.39 is 69.3 Å². The van der Waals surface area contributed by atoms with Gasteiger partial charge in [-0.25, -0.2) is 14.6 Å². The Hall–Kier alpha value is -5.67. The van der Waals surface area contributed by atoms with Gasteiger partial charge in [-0.1, -0.05) is 5.16 Å². The van der Waals surface area contributed by atoms with Crippen LogP contribution in [0.2, 0.25) is 0 Å². The van der Waals surface area contributed by atoms with Gasteiger partial charge in [0.15, 0.2) is 22.3 Å². The lowest BCUT2D eigenvalue weighted by atomic mass is 10.0. The number of rotatable bonds is 14. The number of anilines is 1. The van der Waals surface area contributed by atoms with Gasteiger partial charge in [0.25, 0.3) is 17.7 Å². The molecular weight excluding hydrogens is 773 g/mol. The number of β-lactam (4-membered cyclic amide) rings is 1. The molecule has 0 bridgehead atoms. The third-order valence-electron chi connectivity index (χ3n) is 10.1. The molecule has 8 N–H and O–H groups in total. The van der Waals surface area contributed by atoms with Crippen LogP contribution >= 0.6 is 23.1 Å². The van der Waals surface area contributed by atoms with Crippen molar-refractivity contribution in [2.75, 3.05) is 44.2 Å². The Bertz CT molecular complexity index is 2260. The van der Waals surface area contributed by atoms with Crippen LogP contribution in [0.5, 0.6) is 11.5 Å². The van der Waals surface area contributed by atoms with Crippen molar-refractivity contribution < 1.29 is 53.7 Å². The average molecular weight is 814 g/mol. The monoisotopic (exact) mass is 813 g/mol. The number of aromatic nitrogens is 2. The lowest BCUT2D eigenvalue weighted by Gasteiger charge is -2.50. The van der Waals surface area contributed by atoms with Crippen molar-refractivity contribution in [3.8, 4) is 11.5 Å². The number of carboxylic acid groups (broad SMARTS) is 2. The number of aliphatic carboxylic acids is 2. The molecule has 2 atom stereocenters. The number of nitrogens with zero attached hydrogens (tertiary/aromatic N) is 5. The number of nitrogen functional groups attached to an aromatic ring is 1. The number of carboxylic acids is 2. The smallest absolute Gasteiger partial charge is 0.352 e. The minimum absolute atomic E-state index is 0.00731. The highest BCUT2D eigenvalue weighted by Crippen LogP contribution is 2.41. The molecule has 21 heteroatoms. The molecule has 0 spiro atoms. The van der Waals surface area contributed by atoms with E-state index in [4.69, 9.17) is 10.6 Å². The summed E-state index contributed by atoms with van der Waals surface area (Å²) in [5.41, 5.74) is 3.49. The largest absolute Gasteiger partial charge is 0.504 e. The zero-order valence-electron chi connectivity index (χ0n) is 30.6. The first-order valence-electron chi connectivity index (χ1n) is 17.6. The van der Waals surface area contributed by atoms with Crippen LogP contribution in [0.4, 0.5) is 5.13 Å². The average Bonchev–Trinajstić information content (AvgIpc) is 3.80. The molecule has 3 aliphatic rings. The van der Waals surface area contributed by atoms with Gasteiger partial charge in [0, 0.05) is 48.4 Å². The molecule has 3 amide bonds. The quantitative estimate of drug-likeness (QED) is 0.0391. The van der Waals surface area contributed by atoms with Gasteiger partial charge in [-0.2, -0.15) is 0 Å². The van der Waals surface area contributed by atoms with Gasteiger partial charge in [-0.05, 0) is 26.8 Å². The van der Waals surface area contributed by atoms with E-state index in [1.54, 1.807) is 4.57 Å². The predicted molar refractivity (Wildman–Crippen MR) is 204 cm³/mol. The van der Waals surface area contributed by atoms with Crippen LogP contribution in [0.25, 0.3) is 10.9 Å². The Morgan fingerprint density at radius 1 is 1.12 bits per heavy atom. The number of phenolic OH excluding ortho intramolecular Hbond substituents is 2. The second-order valence-electron chi connectivity index (χ2n) is 14.2. The molecule has 3 aliphatic heterocycles. The van der Waals surface area contributed by atoms with E-state index in [2.05, 4.69) is 20.8 Å². The fourth-order valence-electron chi connectivity index (χ4n) is 7.03. The first-order valence-corrected chi connectivity index (χ1v) is 19.5. The standard InChI is InChI=1S/C35H40N8O11S2/c1-4-41-13-19(27(46)18-11-22(44)23(45)12-21(18)41)28(47)37-7-10-43(8-5-6-9-43)14-17-15-55-31-25(30(49)42(31)26(17)32(50)51)39-29(48)24(20-16-56-34(36)38-20)40-54-35(2,3)33(52)53/h11-13,16,25,31H,4-10,14-15H2,1-3H3,(H7-,36,37,38,39,40,44,45,46,47,48,50,51,52,53)/p+1/t25-,31-/m1/s1. The molecule has 2 aromatic heterocycles. The van der Waals surface area contributed by atoms with E-state index in [1.807, 2.05) is 6.92 Å². The summed E-state index contributed by atoms with van der Waals surface area (Å²) in [5, 5.41) is 49.8. The molecular formula is C35H41N8O11S2+. The van der Waals surface area contributed by atoms with Gasteiger partial charge >= 0.3 is 11.9 Å². The topological polar surface area (TPSA) is 276 Å². The molecule has 0 aliphatic carbocycles. The van der Waals surface area contributed by atoms with Crippen molar-refractivity contribution in [3.05, 3.63) is 56.5 Å². The third-order valence-corrected chi connectivity index (χ3v) is 12.1. The molecule has 0 unspecified atom stereocenters. The van der Waals surface area contributed by atoms with E-state index in [-0.39, 0.29) is 46.3 Å². The van der Waals surface area contributed by atoms with Gasteiger partial charge in [-0.15, -0.1) is 23.1 Å². The molecule has 2 saturated heterocycles. The minimum atomic E-state index is -1.80. The number of benzene rings is 1. The Morgan fingerprint density at radius 3 is 2.45 bits per heavy atom. The maximum Gasteiger partial charge on any atom is 0.352 e. The van der Waals surface area contributed by atoms with Crippen LogP contribution in [0.15, 0.2) is 44.9 Å². The molecule has 1 aromatic carbocycles. The van der Waals surface area contributed by atoms with E-state index in [0.717, 1.165) is 35.1 Å². The zero-order valence-corrected chi connectivity index (χ0v) is 32.2. The SMILES string of the molecule is CCn1cc(C(=O)NCC[N+]2(CC3=C(C(=O)O)N4C(=O)[C@@H](NC(=O)/C(=N\OC(C)(C)C(=O)O)c5csc(N)n5)[C@H]4SC3)CCCC2)c(=O)c2cc(O)c(O)cc21. The Labute approximate surface area is 327 Å². The highest BCUT2D eigenvalue weighted by Gasteiger charge is 2.55. The van der Waals surface area contributed by atoms with E-state index in [9.17, 15) is 49.2 Å². The van der Waals surface area contributed by atoms with Crippen molar-refractivity contribution in [2.45, 2.75) is 57.2 Å². The molecule has 2 fully saturated rings. The molecule has 298 valence electrons. The van der Waals surface area contributed by atoms with Crippen LogP contribution in [-0.2, 0) is 30.6 Å². The normalized spacial score (nSPS) is 19.4. The highest BCUT2D eigenvalue weighted by molar-refractivity contribution is 8.00. The number of carbonyl (C=O) groups excluding carboxylic acids is 3. The van der Waals surface area contributed by atoms with Gasteiger partial charge in [0.2, 0.25) is 11.0 Å². The number of fused-ring (bicyclic) bond motifs is 2. The number of quaternary nitrogens is 1. The fraction of sp³-hybridized carbons (Fsp3) is 0.429. The molecule has 19 nitrogen and oxygen atoms in total. The number of nitrogens with two attached hydrogens (primary N) is 1. The molecule has 6 rings (SSSR count). The summed E-state index contributed by atoms with van der Waals surface area (Å²) < 4.78 is 2.06. The number of thioether (sulfide) groups is 1. The zero-order chi connectivity index (χ0) is 40.7. The van der Waals surface area contributed by atoms with Crippen LogP contribution in [0, 0.1) is 0 Å².